The number of hydrogen-bond acceptors (Lipinski definition) is 10. The zero-order valence-corrected chi connectivity index (χ0v) is 43.4. The molecule has 0 aliphatic carbocycles. The molecule has 0 saturated carbocycles. The Hall–Kier alpha value is -6.95. The highest BCUT2D eigenvalue weighted by molar-refractivity contribution is 8.13. The summed E-state index contributed by atoms with van der Waals surface area (Å²) in [5, 5.41) is 6.33. The number of esters is 1. The number of anilines is 1. The molecule has 0 aromatic heterocycles. The van der Waals surface area contributed by atoms with E-state index in [-0.39, 0.29) is 22.5 Å². The lowest BCUT2D eigenvalue weighted by Gasteiger charge is -2.39. The summed E-state index contributed by atoms with van der Waals surface area (Å²) in [7, 11) is 0.780. The number of fused-ring (bicyclic) bond motifs is 6. The summed E-state index contributed by atoms with van der Waals surface area (Å²) in [4.78, 5) is 72.9. The van der Waals surface area contributed by atoms with Gasteiger partial charge in [0.25, 0.3) is 0 Å². The van der Waals surface area contributed by atoms with Crippen LogP contribution in [0.2, 0.25) is 0 Å². The van der Waals surface area contributed by atoms with Crippen LogP contribution in [0.4, 0.5) is 10.5 Å². The van der Waals surface area contributed by atoms with Gasteiger partial charge in [-0.3, -0.25) is 19.3 Å². The predicted octanol–water partition coefficient (Wildman–Crippen LogP) is 9.45. The zero-order valence-electron chi connectivity index (χ0n) is 41.7. The monoisotopic (exact) mass is 1020 g/mol. The van der Waals surface area contributed by atoms with Crippen LogP contribution in [0, 0.1) is 0 Å². The fourth-order valence-electron chi connectivity index (χ4n) is 10.4. The van der Waals surface area contributed by atoms with E-state index in [1.165, 1.54) is 34.9 Å². The quantitative estimate of drug-likeness (QED) is 0.0504. The van der Waals surface area contributed by atoms with Crippen molar-refractivity contribution >= 4 is 69.6 Å². The summed E-state index contributed by atoms with van der Waals surface area (Å²) in [6, 6.07) is 49.0. The number of nitrogens with one attached hydrogen (secondary N) is 1. The van der Waals surface area contributed by atoms with Crippen LogP contribution in [0.5, 0.6) is 17.2 Å². The number of rotatable bonds is 18. The Kier molecular flexibility index (Phi) is 16.0. The first-order valence-electron chi connectivity index (χ1n) is 25.3. The van der Waals surface area contributed by atoms with E-state index >= 15 is 0 Å². The number of amides is 3. The third-order valence-electron chi connectivity index (χ3n) is 14.3. The van der Waals surface area contributed by atoms with E-state index in [9.17, 15) is 24.0 Å². The first-order chi connectivity index (χ1) is 35.6. The molecule has 12 nitrogen and oxygen atoms in total. The molecule has 1 N–H and O–H groups in total. The average Bonchev–Trinajstić information content (AvgIpc) is 3.74. The second-order valence-corrected chi connectivity index (χ2v) is 23.4. The highest BCUT2D eigenvalue weighted by Crippen LogP contribution is 2.58. The van der Waals surface area contributed by atoms with Crippen LogP contribution in [0.15, 0.2) is 152 Å². The maximum Gasteiger partial charge on any atom is 0.415 e. The van der Waals surface area contributed by atoms with Crippen LogP contribution in [0.1, 0.15) is 78.9 Å². The Balaban J connectivity index is 0.919. The van der Waals surface area contributed by atoms with Crippen molar-refractivity contribution in [3.8, 4) is 17.2 Å². The molecule has 376 valence electrons. The van der Waals surface area contributed by atoms with Crippen molar-refractivity contribution in [2.24, 2.45) is 0 Å². The van der Waals surface area contributed by atoms with Gasteiger partial charge in [-0.25, -0.2) is 9.59 Å². The minimum atomic E-state index is -2.18. The molecule has 1 fully saturated rings. The van der Waals surface area contributed by atoms with Gasteiger partial charge in [-0.1, -0.05) is 117 Å². The smallest absolute Gasteiger partial charge is 0.415 e. The van der Waals surface area contributed by atoms with Crippen LogP contribution < -0.4 is 35.6 Å². The number of nitrogens with zero attached hydrogens (tertiary/aromatic N) is 3. The van der Waals surface area contributed by atoms with Crippen LogP contribution in [-0.4, -0.2) is 97.0 Å². The molecule has 3 amide bonds. The lowest BCUT2D eigenvalue weighted by molar-refractivity contribution is -0.131. The molecule has 2 atom stereocenters. The van der Waals surface area contributed by atoms with Gasteiger partial charge in [0.05, 0.1) is 18.1 Å². The molecule has 1 unspecified atom stereocenters. The largest absolute Gasteiger partial charge is 0.456 e. The first-order valence-corrected chi connectivity index (χ1v) is 28.2. The normalized spacial score (nSPS) is 16.1. The molecule has 14 heteroatoms. The molecule has 9 rings (SSSR count). The second kappa shape index (κ2) is 22.9. The maximum absolute atomic E-state index is 14.3. The van der Waals surface area contributed by atoms with Gasteiger partial charge in [0.1, 0.15) is 46.5 Å². The SMILES string of the molecule is CCCCCCCC(=O)SC[C@@H](C(=O)NC)N(C)C(=O)Oc1ccc2c(c1)Oc1cc(N3CCN(C(=O)CC[P+](c4ccccc4)(c4ccccc4)c4ccccc4)CC3)ccc1C21OC(=O)c2ccccc21. The van der Waals surface area contributed by atoms with E-state index in [2.05, 4.69) is 89.9 Å². The summed E-state index contributed by atoms with van der Waals surface area (Å²) in [5.74, 6) is 0.235. The minimum absolute atomic E-state index is 0.0243. The fourth-order valence-corrected chi connectivity index (χ4v) is 15.6. The molecule has 6 aromatic rings. The molecule has 3 aliphatic heterocycles. The topological polar surface area (TPSA) is 135 Å². The van der Waals surface area contributed by atoms with E-state index in [1.54, 1.807) is 30.3 Å². The van der Waals surface area contributed by atoms with E-state index in [1.807, 2.05) is 53.4 Å². The van der Waals surface area contributed by atoms with Gasteiger partial charge < -0.3 is 29.3 Å². The van der Waals surface area contributed by atoms with Gasteiger partial charge >= 0.3 is 12.1 Å². The molecular weight excluding hydrogens is 956 g/mol. The van der Waals surface area contributed by atoms with E-state index in [4.69, 9.17) is 14.2 Å². The highest BCUT2D eigenvalue weighted by atomic mass is 32.2. The van der Waals surface area contributed by atoms with Gasteiger partial charge in [-0.2, -0.15) is 0 Å². The molecule has 3 heterocycles. The summed E-state index contributed by atoms with van der Waals surface area (Å²) >= 11 is 1.04. The summed E-state index contributed by atoms with van der Waals surface area (Å²) < 4.78 is 19.0. The molecule has 6 aromatic carbocycles. The number of thioether (sulfide) groups is 1. The Morgan fingerprint density at radius 1 is 0.712 bits per heavy atom. The molecule has 73 heavy (non-hydrogen) atoms. The second-order valence-electron chi connectivity index (χ2n) is 18.7. The number of unbranched alkanes of at least 4 members (excludes halogenated alkanes) is 4. The molecule has 0 radical (unpaired) electrons. The Morgan fingerprint density at radius 3 is 1.93 bits per heavy atom. The van der Waals surface area contributed by atoms with Crippen LogP contribution >= 0.6 is 19.0 Å². The standard InChI is InChI=1S/C59H61N4O8PS/c1-4-5-6-7-17-28-55(65)73-41-51(56(66)60-2)61(3)58(68)69-43-30-32-50-53(40-43)70-52-39-42(29-31-49(52)59(50)48-27-19-18-26-47(48)57(67)71-59)62-34-36-63(37-35-62)54(64)33-38-72(44-20-11-8-12-21-44,45-22-13-9-14-23-45)46-24-15-10-16-25-46/h8-16,18-27,29-32,39-40,51H,4-7,17,28,33-38,41H2,1-3H3/p+1/t51-,59?/m0/s1. The van der Waals surface area contributed by atoms with Crippen molar-refractivity contribution in [1.29, 1.82) is 0 Å². The molecule has 1 spiro atoms. The molecule has 3 aliphatic rings. The van der Waals surface area contributed by atoms with Gasteiger partial charge in [0.15, 0.2) is 10.7 Å². The summed E-state index contributed by atoms with van der Waals surface area (Å²) in [6.45, 7) is 4.42. The minimum Gasteiger partial charge on any atom is -0.456 e. The van der Waals surface area contributed by atoms with Crippen LogP contribution in [-0.2, 0) is 24.7 Å². The lowest BCUT2D eigenvalue weighted by atomic mass is 9.77. The summed E-state index contributed by atoms with van der Waals surface area (Å²) in [5.41, 5.74) is 1.81. The zero-order chi connectivity index (χ0) is 51.0. The van der Waals surface area contributed by atoms with Crippen molar-refractivity contribution in [3.63, 3.8) is 0 Å². The fraction of sp³-hybridized carbons (Fsp3) is 0.305. The number of likely N-dealkylation sites (N-methyl/N-ethyl adjacent to an activating group) is 2. The van der Waals surface area contributed by atoms with Gasteiger partial charge in [0.2, 0.25) is 11.8 Å². The van der Waals surface area contributed by atoms with Gasteiger partial charge in [-0.05, 0) is 73.2 Å². The van der Waals surface area contributed by atoms with E-state index in [0.717, 1.165) is 49.6 Å². The van der Waals surface area contributed by atoms with Gasteiger partial charge in [0, 0.05) is 87.0 Å². The molecule has 1 saturated heterocycles. The number of hydrogen-bond donors (Lipinski definition) is 1. The molecular formula is C59H62N4O8PS+. The van der Waals surface area contributed by atoms with E-state index < -0.39 is 36.9 Å². The van der Waals surface area contributed by atoms with Crippen molar-refractivity contribution in [2.45, 2.75) is 63.5 Å². The lowest BCUT2D eigenvalue weighted by Crippen LogP contribution is -2.49. The van der Waals surface area contributed by atoms with Crippen molar-refractivity contribution in [3.05, 3.63) is 174 Å². The Morgan fingerprint density at radius 2 is 1.30 bits per heavy atom. The van der Waals surface area contributed by atoms with Gasteiger partial charge in [-0.15, -0.1) is 0 Å². The van der Waals surface area contributed by atoms with Crippen LogP contribution in [0.25, 0.3) is 0 Å². The first kappa shape index (κ1) is 51.0. The highest BCUT2D eigenvalue weighted by Gasteiger charge is 2.54. The molecule has 0 bridgehead atoms. The number of carbonyl (C=O) groups excluding carboxylic acids is 5. The third kappa shape index (κ3) is 10.5. The number of ether oxygens (including phenoxy) is 3. The summed E-state index contributed by atoms with van der Waals surface area (Å²) in [6.07, 6.45) is 5.82. The Labute approximate surface area is 432 Å². The van der Waals surface area contributed by atoms with E-state index in [0.29, 0.717) is 78.9 Å². The number of piperazine rings is 1. The maximum atomic E-state index is 14.3. The van der Waals surface area contributed by atoms with Crippen LogP contribution in [0.3, 0.4) is 0 Å². The predicted molar refractivity (Wildman–Crippen MR) is 291 cm³/mol. The average molecular weight is 1020 g/mol. The third-order valence-corrected chi connectivity index (χ3v) is 19.8. The van der Waals surface area contributed by atoms with Crippen molar-refractivity contribution < 1.29 is 38.2 Å². The van der Waals surface area contributed by atoms with Crippen molar-refractivity contribution in [1.82, 2.24) is 15.1 Å². The Bertz CT molecular complexity index is 2860. The van der Waals surface area contributed by atoms with Crippen molar-refractivity contribution in [2.75, 3.05) is 57.1 Å². The number of carbonyl (C=O) groups is 5. The number of benzene rings is 6.